The van der Waals surface area contributed by atoms with E-state index in [1.54, 1.807) is 4.90 Å². The molecule has 2 N–H and O–H groups in total. The number of carbonyl (C=O) groups excluding carboxylic acids is 4. The Morgan fingerprint density at radius 3 is 2.62 bits per heavy atom. The highest BCUT2D eigenvalue weighted by atomic mass is 16.6. The number of fused-ring (bicyclic) bond motifs is 2. The van der Waals surface area contributed by atoms with E-state index in [9.17, 15) is 19.2 Å². The van der Waals surface area contributed by atoms with Crippen LogP contribution in [0.5, 0.6) is 0 Å². The third-order valence-corrected chi connectivity index (χ3v) is 8.47. The number of piperidine rings is 1. The summed E-state index contributed by atoms with van der Waals surface area (Å²) in [7, 11) is 0. The van der Waals surface area contributed by atoms with Crippen LogP contribution in [-0.4, -0.2) is 84.4 Å². The minimum absolute atomic E-state index is 0.0968. The van der Waals surface area contributed by atoms with Crippen molar-refractivity contribution in [3.63, 3.8) is 0 Å². The van der Waals surface area contributed by atoms with Crippen molar-refractivity contribution in [1.29, 1.82) is 0 Å². The highest BCUT2D eigenvalue weighted by Gasteiger charge is 2.51. The van der Waals surface area contributed by atoms with Gasteiger partial charge >= 0.3 is 6.09 Å². The predicted molar refractivity (Wildman–Crippen MR) is 144 cm³/mol. The monoisotopic (exact) mass is 554 g/mol. The van der Waals surface area contributed by atoms with Crippen LogP contribution in [0.15, 0.2) is 18.2 Å². The van der Waals surface area contributed by atoms with E-state index in [-0.39, 0.29) is 42.5 Å². The van der Waals surface area contributed by atoms with E-state index < -0.39 is 23.6 Å². The van der Waals surface area contributed by atoms with Crippen LogP contribution in [0.3, 0.4) is 0 Å². The smallest absolute Gasteiger partial charge is 0.408 e. The molecular formula is C29H38N4O7. The van der Waals surface area contributed by atoms with Crippen LogP contribution in [0.2, 0.25) is 0 Å². The highest BCUT2D eigenvalue weighted by Crippen LogP contribution is 2.40. The number of hydrogen-bond donors (Lipinski definition) is 2. The van der Waals surface area contributed by atoms with E-state index in [0.29, 0.717) is 37.7 Å². The highest BCUT2D eigenvalue weighted by molar-refractivity contribution is 6.06. The maximum atomic E-state index is 13.5. The van der Waals surface area contributed by atoms with Crippen molar-refractivity contribution in [2.45, 2.75) is 95.4 Å². The number of imide groups is 1. The molecule has 0 radical (unpaired) electrons. The van der Waals surface area contributed by atoms with Crippen LogP contribution in [-0.2, 0) is 30.3 Å². The molecule has 4 heterocycles. The van der Waals surface area contributed by atoms with E-state index in [1.165, 1.54) is 12.8 Å². The molecule has 0 aromatic heterocycles. The normalized spacial score (nSPS) is 29.7. The summed E-state index contributed by atoms with van der Waals surface area (Å²) in [6, 6.07) is 4.65. The van der Waals surface area contributed by atoms with E-state index in [0.717, 1.165) is 24.2 Å². The molecule has 5 aliphatic rings. The van der Waals surface area contributed by atoms with Crippen molar-refractivity contribution in [2.75, 3.05) is 24.7 Å². The first-order chi connectivity index (χ1) is 19.1. The van der Waals surface area contributed by atoms with Crippen molar-refractivity contribution < 1.29 is 33.4 Å². The fourth-order valence-corrected chi connectivity index (χ4v) is 6.36. The maximum Gasteiger partial charge on any atom is 0.408 e. The summed E-state index contributed by atoms with van der Waals surface area (Å²) in [5.41, 5.74) is 1.82. The molecule has 3 saturated heterocycles. The van der Waals surface area contributed by atoms with Gasteiger partial charge in [0.25, 0.3) is 5.91 Å². The van der Waals surface area contributed by atoms with Gasteiger partial charge in [0.2, 0.25) is 11.8 Å². The molecular weight excluding hydrogens is 516 g/mol. The van der Waals surface area contributed by atoms with Gasteiger partial charge < -0.3 is 29.3 Å². The Kier molecular flexibility index (Phi) is 6.98. The standard InChI is InChI=1S/C29H38N4O7/c1-29(2,3)40-28(37)30-19-14-38-25-22(15-39-24(19)25)32(12-11-16-7-8-16)20-6-4-5-17-18(20)13-33(27(17)36)21-9-10-23(34)31-26(21)35/h4-6,16,19,21-22,24-25H,7-15H2,1-3H3,(H,30,37)(H,31,34,35)/t19-,21?,22-,24+,25+/m0/s1. The number of benzene rings is 1. The summed E-state index contributed by atoms with van der Waals surface area (Å²) >= 11 is 0. The minimum atomic E-state index is -0.664. The van der Waals surface area contributed by atoms with Gasteiger partial charge in [-0.25, -0.2) is 4.79 Å². The number of alkyl carbamates (subject to hydrolysis) is 1. The van der Waals surface area contributed by atoms with Gasteiger partial charge in [0.1, 0.15) is 23.9 Å². The van der Waals surface area contributed by atoms with Gasteiger partial charge in [0.15, 0.2) is 0 Å². The van der Waals surface area contributed by atoms with Crippen LogP contribution in [0.25, 0.3) is 0 Å². The summed E-state index contributed by atoms with van der Waals surface area (Å²) in [6.45, 7) is 7.33. The summed E-state index contributed by atoms with van der Waals surface area (Å²) < 4.78 is 17.9. The molecule has 0 spiro atoms. The van der Waals surface area contributed by atoms with Crippen molar-refractivity contribution in [3.05, 3.63) is 29.3 Å². The quantitative estimate of drug-likeness (QED) is 0.491. The second kappa shape index (κ2) is 10.3. The van der Waals surface area contributed by atoms with Crippen LogP contribution in [0.4, 0.5) is 10.5 Å². The molecule has 11 heteroatoms. The van der Waals surface area contributed by atoms with Gasteiger partial charge in [-0.3, -0.25) is 19.7 Å². The Labute approximate surface area is 233 Å². The Balaban J connectivity index is 1.23. The zero-order valence-corrected chi connectivity index (χ0v) is 23.3. The lowest BCUT2D eigenvalue weighted by Gasteiger charge is -2.35. The zero-order chi connectivity index (χ0) is 28.2. The summed E-state index contributed by atoms with van der Waals surface area (Å²) in [5.74, 6) is -0.207. The minimum Gasteiger partial charge on any atom is -0.444 e. The SMILES string of the molecule is CC(C)(C)OC(=O)N[C@H]1CO[C@H]2[C@@H]1OC[C@@H]2N(CCC1CC1)c1cccc2c1CN(C1CCC(=O)NC1=O)C2=O. The van der Waals surface area contributed by atoms with E-state index >= 15 is 0 Å². The summed E-state index contributed by atoms with van der Waals surface area (Å²) in [4.78, 5) is 54.1. The van der Waals surface area contributed by atoms with Crippen LogP contribution < -0.4 is 15.5 Å². The molecule has 5 atom stereocenters. The van der Waals surface area contributed by atoms with Gasteiger partial charge in [-0.2, -0.15) is 0 Å². The average Bonchev–Trinajstić information content (AvgIpc) is 3.35. The molecule has 1 aromatic rings. The van der Waals surface area contributed by atoms with Gasteiger partial charge in [0, 0.05) is 36.3 Å². The molecule has 40 heavy (non-hydrogen) atoms. The molecule has 4 aliphatic heterocycles. The Morgan fingerprint density at radius 2 is 1.90 bits per heavy atom. The number of carbonyl (C=O) groups is 4. The second-order valence-corrected chi connectivity index (χ2v) is 12.5. The zero-order valence-electron chi connectivity index (χ0n) is 23.3. The lowest BCUT2D eigenvalue weighted by Crippen LogP contribution is -2.52. The number of anilines is 1. The number of nitrogens with one attached hydrogen (secondary N) is 2. The first-order valence-electron chi connectivity index (χ1n) is 14.3. The summed E-state index contributed by atoms with van der Waals surface area (Å²) in [5, 5.41) is 5.30. The molecule has 1 aromatic carbocycles. The van der Waals surface area contributed by atoms with Crippen LogP contribution >= 0.6 is 0 Å². The molecule has 4 amide bonds. The summed E-state index contributed by atoms with van der Waals surface area (Å²) in [6.07, 6.45) is 2.98. The first kappa shape index (κ1) is 27.0. The van der Waals surface area contributed by atoms with E-state index in [4.69, 9.17) is 14.2 Å². The third kappa shape index (κ3) is 5.28. The largest absolute Gasteiger partial charge is 0.444 e. The van der Waals surface area contributed by atoms with Crippen molar-refractivity contribution >= 4 is 29.5 Å². The Hall–Kier alpha value is -3.18. The predicted octanol–water partition coefficient (Wildman–Crippen LogP) is 2.11. The molecule has 1 saturated carbocycles. The van der Waals surface area contributed by atoms with Crippen molar-refractivity contribution in [3.8, 4) is 0 Å². The number of nitrogens with zero attached hydrogens (tertiary/aromatic N) is 2. The fourth-order valence-electron chi connectivity index (χ4n) is 6.36. The van der Waals surface area contributed by atoms with Gasteiger partial charge in [-0.15, -0.1) is 0 Å². The lowest BCUT2D eigenvalue weighted by atomic mass is 10.0. The number of ether oxygens (including phenoxy) is 3. The van der Waals surface area contributed by atoms with Gasteiger partial charge in [-0.05, 0) is 51.7 Å². The lowest BCUT2D eigenvalue weighted by molar-refractivity contribution is -0.136. The first-order valence-corrected chi connectivity index (χ1v) is 14.3. The maximum absolute atomic E-state index is 13.5. The molecule has 1 aliphatic carbocycles. The van der Waals surface area contributed by atoms with E-state index in [2.05, 4.69) is 15.5 Å². The van der Waals surface area contributed by atoms with Crippen LogP contribution in [0.1, 0.15) is 68.8 Å². The molecule has 4 fully saturated rings. The number of amides is 4. The van der Waals surface area contributed by atoms with Crippen molar-refractivity contribution in [1.82, 2.24) is 15.5 Å². The molecule has 0 bridgehead atoms. The van der Waals surface area contributed by atoms with Crippen LogP contribution in [0, 0.1) is 5.92 Å². The fraction of sp³-hybridized carbons (Fsp3) is 0.655. The average molecular weight is 555 g/mol. The molecule has 11 nitrogen and oxygen atoms in total. The number of rotatable bonds is 7. The molecule has 1 unspecified atom stereocenters. The van der Waals surface area contributed by atoms with E-state index in [1.807, 2.05) is 39.0 Å². The van der Waals surface area contributed by atoms with Gasteiger partial charge in [0.05, 0.1) is 25.3 Å². The number of hydrogen-bond acceptors (Lipinski definition) is 8. The van der Waals surface area contributed by atoms with Gasteiger partial charge in [-0.1, -0.05) is 18.9 Å². The second-order valence-electron chi connectivity index (χ2n) is 12.5. The molecule has 6 rings (SSSR count). The topological polar surface area (TPSA) is 127 Å². The Morgan fingerprint density at radius 1 is 1.12 bits per heavy atom. The third-order valence-electron chi connectivity index (χ3n) is 8.47. The molecule has 216 valence electrons. The Bertz CT molecular complexity index is 1210. The van der Waals surface area contributed by atoms with Crippen molar-refractivity contribution in [2.24, 2.45) is 5.92 Å².